The van der Waals surface area contributed by atoms with Crippen LogP contribution < -0.4 is 10.2 Å². The number of nitrogens with one attached hydrogen (secondary N) is 3. The predicted octanol–water partition coefficient (Wildman–Crippen LogP) is 4.66. The quantitative estimate of drug-likeness (QED) is 0.317. The van der Waals surface area contributed by atoms with Crippen LogP contribution in [0.2, 0.25) is 0 Å². The molecule has 1 saturated heterocycles. The zero-order chi connectivity index (χ0) is 25.4. The maximum absolute atomic E-state index is 12.0. The molecule has 1 aliphatic heterocycles. The lowest BCUT2D eigenvalue weighted by atomic mass is 10.1. The van der Waals surface area contributed by atoms with Gasteiger partial charge in [0.15, 0.2) is 0 Å². The van der Waals surface area contributed by atoms with Gasteiger partial charge in [-0.2, -0.15) is 5.10 Å². The number of H-pyrrole nitrogens is 2. The molecule has 1 aliphatic rings. The number of amides is 1. The second-order valence-corrected chi connectivity index (χ2v) is 9.64. The predicted molar refractivity (Wildman–Crippen MR) is 148 cm³/mol. The van der Waals surface area contributed by atoms with Gasteiger partial charge in [-0.3, -0.25) is 14.9 Å². The third kappa shape index (κ3) is 4.53. The van der Waals surface area contributed by atoms with E-state index in [0.717, 1.165) is 71.8 Å². The molecule has 0 radical (unpaired) electrons. The molecule has 5 heterocycles. The van der Waals surface area contributed by atoms with Crippen LogP contribution in [0.1, 0.15) is 19.8 Å². The van der Waals surface area contributed by atoms with E-state index in [9.17, 15) is 4.79 Å². The van der Waals surface area contributed by atoms with E-state index in [4.69, 9.17) is 4.98 Å². The third-order valence-electron chi connectivity index (χ3n) is 6.94. The van der Waals surface area contributed by atoms with Crippen molar-refractivity contribution in [3.05, 3.63) is 54.9 Å². The first kappa shape index (κ1) is 23.2. The number of aromatic nitrogens is 5. The van der Waals surface area contributed by atoms with Crippen molar-refractivity contribution in [3.8, 4) is 22.6 Å². The van der Waals surface area contributed by atoms with Gasteiger partial charge in [0, 0.05) is 61.0 Å². The molecule has 6 rings (SSSR count). The number of likely N-dealkylation sites (N-methyl/N-ethyl adjacent to an activating group) is 1. The molecule has 1 aromatic carbocycles. The Morgan fingerprint density at radius 3 is 2.76 bits per heavy atom. The molecule has 188 valence electrons. The van der Waals surface area contributed by atoms with E-state index in [1.165, 1.54) is 11.1 Å². The summed E-state index contributed by atoms with van der Waals surface area (Å²) in [4.78, 5) is 29.7. The summed E-state index contributed by atoms with van der Waals surface area (Å²) in [6.07, 6.45) is 4.69. The van der Waals surface area contributed by atoms with Crippen LogP contribution in [0, 0.1) is 0 Å². The first-order valence-electron chi connectivity index (χ1n) is 12.7. The smallest absolute Gasteiger partial charge is 0.224 e. The van der Waals surface area contributed by atoms with Gasteiger partial charge < -0.3 is 20.1 Å². The number of hydrogen-bond donors (Lipinski definition) is 3. The molecule has 3 N–H and O–H groups in total. The van der Waals surface area contributed by atoms with Crippen molar-refractivity contribution >= 4 is 39.2 Å². The first-order chi connectivity index (χ1) is 18.1. The number of rotatable bonds is 6. The van der Waals surface area contributed by atoms with Gasteiger partial charge in [0.25, 0.3) is 0 Å². The minimum atomic E-state index is -0.0169. The molecule has 0 saturated carbocycles. The van der Waals surface area contributed by atoms with Gasteiger partial charge in [0.1, 0.15) is 11.2 Å². The molecule has 9 nitrogen and oxygen atoms in total. The lowest BCUT2D eigenvalue weighted by Crippen LogP contribution is -2.44. The topological polar surface area (TPSA) is 106 Å². The van der Waals surface area contributed by atoms with Crippen LogP contribution in [0.4, 0.5) is 11.4 Å². The number of pyridine rings is 2. The van der Waals surface area contributed by atoms with E-state index in [1.807, 2.05) is 25.1 Å². The standard InChI is InChI=1S/C28H30N8O/c1-3-5-26(37)30-19-14-18(16-29-17-19)21-8-9-23-27(32-21)28(34-33-23)24-15-20-22(31-24)6-4-7-25(20)36-12-10-35(2)11-13-36/h4,6-9,14-17,31H,3,5,10-13H2,1-2H3,(H,30,37)(H,33,34). The highest BCUT2D eigenvalue weighted by Crippen LogP contribution is 2.34. The summed E-state index contributed by atoms with van der Waals surface area (Å²) in [7, 11) is 2.17. The molecule has 0 spiro atoms. The van der Waals surface area contributed by atoms with E-state index in [1.54, 1.807) is 12.4 Å². The lowest BCUT2D eigenvalue weighted by molar-refractivity contribution is -0.116. The minimum absolute atomic E-state index is 0.0169. The summed E-state index contributed by atoms with van der Waals surface area (Å²) in [5.41, 5.74) is 7.93. The normalized spacial score (nSPS) is 14.5. The van der Waals surface area contributed by atoms with E-state index < -0.39 is 0 Å². The van der Waals surface area contributed by atoms with Crippen molar-refractivity contribution in [2.75, 3.05) is 43.4 Å². The fourth-order valence-corrected chi connectivity index (χ4v) is 4.94. The number of carbonyl (C=O) groups is 1. The van der Waals surface area contributed by atoms with E-state index in [-0.39, 0.29) is 5.91 Å². The molecule has 0 aliphatic carbocycles. The summed E-state index contributed by atoms with van der Waals surface area (Å²) < 4.78 is 0. The number of aromatic amines is 2. The largest absolute Gasteiger partial charge is 0.368 e. The molecule has 1 amide bonds. The molecule has 1 fully saturated rings. The molecule has 0 atom stereocenters. The summed E-state index contributed by atoms with van der Waals surface area (Å²) in [6.45, 7) is 6.12. The number of benzene rings is 1. The number of anilines is 2. The number of carbonyl (C=O) groups excluding carboxylic acids is 1. The lowest BCUT2D eigenvalue weighted by Gasteiger charge is -2.34. The zero-order valence-electron chi connectivity index (χ0n) is 21.1. The fourth-order valence-electron chi connectivity index (χ4n) is 4.94. The van der Waals surface area contributed by atoms with E-state index >= 15 is 0 Å². The summed E-state index contributed by atoms with van der Waals surface area (Å²) in [6, 6.07) is 14.4. The van der Waals surface area contributed by atoms with Crippen molar-refractivity contribution in [3.63, 3.8) is 0 Å². The SMILES string of the molecule is CCCC(=O)Nc1cncc(-c2ccc3[nH]nc(-c4cc5c(N6CCN(C)CC6)cccc5[nH]4)c3n2)c1. The van der Waals surface area contributed by atoms with Crippen LogP contribution in [-0.2, 0) is 4.79 Å². The number of hydrogen-bond acceptors (Lipinski definition) is 6. The second kappa shape index (κ2) is 9.67. The highest BCUT2D eigenvalue weighted by atomic mass is 16.1. The fraction of sp³-hybridized carbons (Fsp3) is 0.286. The van der Waals surface area contributed by atoms with Gasteiger partial charge in [-0.15, -0.1) is 0 Å². The Bertz CT molecular complexity index is 1580. The van der Waals surface area contributed by atoms with Gasteiger partial charge in [0.2, 0.25) is 5.91 Å². The van der Waals surface area contributed by atoms with Crippen LogP contribution in [-0.4, -0.2) is 69.2 Å². The van der Waals surface area contributed by atoms with Gasteiger partial charge in [-0.05, 0) is 49.9 Å². The minimum Gasteiger partial charge on any atom is -0.368 e. The Hall–Kier alpha value is -4.24. The number of fused-ring (bicyclic) bond motifs is 2. The summed E-state index contributed by atoms with van der Waals surface area (Å²) >= 11 is 0. The monoisotopic (exact) mass is 494 g/mol. The van der Waals surface area contributed by atoms with Crippen molar-refractivity contribution in [1.82, 2.24) is 30.0 Å². The molecule has 0 bridgehead atoms. The number of nitrogens with zero attached hydrogens (tertiary/aromatic N) is 5. The Labute approximate surface area is 214 Å². The average Bonchev–Trinajstić information content (AvgIpc) is 3.53. The molecule has 37 heavy (non-hydrogen) atoms. The maximum Gasteiger partial charge on any atom is 0.224 e. The van der Waals surface area contributed by atoms with Gasteiger partial charge in [-0.1, -0.05) is 13.0 Å². The van der Waals surface area contributed by atoms with Crippen molar-refractivity contribution < 1.29 is 4.79 Å². The molecule has 9 heteroatoms. The van der Waals surface area contributed by atoms with Gasteiger partial charge in [0.05, 0.1) is 28.8 Å². The highest BCUT2D eigenvalue weighted by molar-refractivity contribution is 5.99. The van der Waals surface area contributed by atoms with Crippen LogP contribution in [0.5, 0.6) is 0 Å². The molecule has 4 aromatic heterocycles. The second-order valence-electron chi connectivity index (χ2n) is 9.64. The van der Waals surface area contributed by atoms with Crippen LogP contribution >= 0.6 is 0 Å². The molecule has 0 unspecified atom stereocenters. The van der Waals surface area contributed by atoms with Gasteiger partial charge >= 0.3 is 0 Å². The zero-order valence-corrected chi connectivity index (χ0v) is 21.1. The Morgan fingerprint density at radius 2 is 1.92 bits per heavy atom. The maximum atomic E-state index is 12.0. The van der Waals surface area contributed by atoms with Crippen LogP contribution in [0.25, 0.3) is 44.6 Å². The molecular weight excluding hydrogens is 464 g/mol. The van der Waals surface area contributed by atoms with E-state index in [2.05, 4.69) is 66.6 Å². The van der Waals surface area contributed by atoms with Gasteiger partial charge in [-0.25, -0.2) is 4.98 Å². The van der Waals surface area contributed by atoms with E-state index in [0.29, 0.717) is 12.1 Å². The van der Waals surface area contributed by atoms with Crippen molar-refractivity contribution in [2.24, 2.45) is 0 Å². The van der Waals surface area contributed by atoms with Crippen molar-refractivity contribution in [1.29, 1.82) is 0 Å². The third-order valence-corrected chi connectivity index (χ3v) is 6.94. The van der Waals surface area contributed by atoms with Crippen LogP contribution in [0.15, 0.2) is 54.9 Å². The molecular formula is C28H30N8O. The Balaban J connectivity index is 1.35. The highest BCUT2D eigenvalue weighted by Gasteiger charge is 2.19. The van der Waals surface area contributed by atoms with Crippen LogP contribution in [0.3, 0.4) is 0 Å². The van der Waals surface area contributed by atoms with Crippen molar-refractivity contribution in [2.45, 2.75) is 19.8 Å². The number of piperazine rings is 1. The Kier molecular flexibility index (Phi) is 6.05. The summed E-state index contributed by atoms with van der Waals surface area (Å²) in [5, 5.41) is 11.8. The average molecular weight is 495 g/mol. The Morgan fingerprint density at radius 1 is 1.05 bits per heavy atom. The first-order valence-corrected chi connectivity index (χ1v) is 12.7. The molecule has 5 aromatic rings. The summed E-state index contributed by atoms with van der Waals surface area (Å²) in [5.74, 6) is -0.0169.